The second-order valence-electron chi connectivity index (χ2n) is 5.87. The molecule has 0 aliphatic rings. The molecule has 2 heterocycles. The quantitative estimate of drug-likeness (QED) is 0.581. The van der Waals surface area contributed by atoms with Crippen LogP contribution in [0.2, 0.25) is 0 Å². The number of ether oxygens (including phenoxy) is 1. The predicted octanol–water partition coefficient (Wildman–Crippen LogP) is 4.11. The van der Waals surface area contributed by atoms with Crippen molar-refractivity contribution in [3.8, 4) is 11.5 Å². The Hall–Kier alpha value is -3.45. The minimum absolute atomic E-state index is 0.00471. The lowest BCUT2D eigenvalue weighted by Gasteiger charge is -2.08. The maximum atomic E-state index is 12.5. The summed E-state index contributed by atoms with van der Waals surface area (Å²) in [6.07, 6.45) is 3.00. The smallest absolute Gasteiger partial charge is 0.271 e. The van der Waals surface area contributed by atoms with Crippen LogP contribution in [0.25, 0.3) is 4.96 Å². The number of nitrogens with zero attached hydrogens (tertiary/aromatic N) is 2. The van der Waals surface area contributed by atoms with Gasteiger partial charge in [0.2, 0.25) is 0 Å². The summed E-state index contributed by atoms with van der Waals surface area (Å²) in [6, 6.07) is 16.3. The highest BCUT2D eigenvalue weighted by Gasteiger charge is 2.14. The third-order valence-corrected chi connectivity index (χ3v) is 4.77. The molecular formula is C20H15N3O3S. The number of aromatic nitrogens is 2. The zero-order chi connectivity index (χ0) is 18.8. The molecule has 0 aliphatic carbocycles. The largest absolute Gasteiger partial charge is 0.457 e. The molecule has 0 bridgehead atoms. The van der Waals surface area contributed by atoms with Crippen LogP contribution in [0.4, 0.5) is 5.69 Å². The standard InChI is InChI=1S/C20H15N3O3S/c1-13-12-23-19(25)17(11-21-20(23)27-13)18(24)22-14-7-9-16(10-8-14)26-15-5-3-2-4-6-15/h2-12H,1H3,(H,22,24). The Morgan fingerprint density at radius 3 is 2.52 bits per heavy atom. The Labute approximate surface area is 158 Å². The van der Waals surface area contributed by atoms with Crippen molar-refractivity contribution in [3.63, 3.8) is 0 Å². The van der Waals surface area contributed by atoms with Crippen molar-refractivity contribution in [2.75, 3.05) is 5.32 Å². The summed E-state index contributed by atoms with van der Waals surface area (Å²) in [4.78, 5) is 30.7. The van der Waals surface area contributed by atoms with Crippen molar-refractivity contribution >= 4 is 27.9 Å². The van der Waals surface area contributed by atoms with Gasteiger partial charge in [0.15, 0.2) is 4.96 Å². The lowest BCUT2D eigenvalue weighted by atomic mass is 10.2. The zero-order valence-electron chi connectivity index (χ0n) is 14.4. The molecule has 4 aromatic rings. The topological polar surface area (TPSA) is 72.7 Å². The maximum Gasteiger partial charge on any atom is 0.271 e. The van der Waals surface area contributed by atoms with Crippen LogP contribution in [-0.4, -0.2) is 15.3 Å². The number of carbonyl (C=O) groups excluding carboxylic acids is 1. The van der Waals surface area contributed by atoms with Crippen LogP contribution in [0, 0.1) is 6.92 Å². The lowest BCUT2D eigenvalue weighted by Crippen LogP contribution is -2.25. The third-order valence-electron chi connectivity index (χ3n) is 3.86. The normalized spacial score (nSPS) is 10.7. The summed E-state index contributed by atoms with van der Waals surface area (Å²) in [5.41, 5.74) is 0.173. The van der Waals surface area contributed by atoms with Crippen LogP contribution in [0.5, 0.6) is 11.5 Å². The number of carbonyl (C=O) groups is 1. The highest BCUT2D eigenvalue weighted by atomic mass is 32.1. The Balaban J connectivity index is 1.51. The Kier molecular flexibility index (Phi) is 4.43. The molecule has 1 N–H and O–H groups in total. The molecular weight excluding hydrogens is 362 g/mol. The Morgan fingerprint density at radius 2 is 1.78 bits per heavy atom. The summed E-state index contributed by atoms with van der Waals surface area (Å²) in [5.74, 6) is 0.881. The van der Waals surface area contributed by atoms with E-state index in [9.17, 15) is 9.59 Å². The van der Waals surface area contributed by atoms with E-state index >= 15 is 0 Å². The summed E-state index contributed by atoms with van der Waals surface area (Å²) >= 11 is 1.40. The molecule has 0 fully saturated rings. The number of benzene rings is 2. The third kappa shape index (κ3) is 3.58. The number of thiazole rings is 1. The Morgan fingerprint density at radius 1 is 1.07 bits per heavy atom. The van der Waals surface area contributed by atoms with E-state index in [1.54, 1.807) is 30.5 Å². The maximum absolute atomic E-state index is 12.5. The molecule has 0 radical (unpaired) electrons. The monoisotopic (exact) mass is 377 g/mol. The fraction of sp³-hybridized carbons (Fsp3) is 0.0500. The van der Waals surface area contributed by atoms with Crippen LogP contribution in [0.15, 0.2) is 71.8 Å². The van der Waals surface area contributed by atoms with Gasteiger partial charge in [-0.25, -0.2) is 4.98 Å². The first-order chi connectivity index (χ1) is 13.1. The Bertz CT molecular complexity index is 1160. The minimum atomic E-state index is -0.498. The first kappa shape index (κ1) is 17.0. The second-order valence-corrected chi connectivity index (χ2v) is 7.08. The van der Waals surface area contributed by atoms with Gasteiger partial charge in [-0.1, -0.05) is 18.2 Å². The molecule has 0 saturated heterocycles. The SMILES string of the molecule is Cc1cn2c(=O)c(C(=O)Nc3ccc(Oc4ccccc4)cc3)cnc2s1. The average Bonchev–Trinajstić information content (AvgIpc) is 3.06. The van der Waals surface area contributed by atoms with Crippen LogP contribution >= 0.6 is 11.3 Å². The van der Waals surface area contributed by atoms with Gasteiger partial charge in [-0.3, -0.25) is 14.0 Å². The van der Waals surface area contributed by atoms with E-state index in [1.165, 1.54) is 21.9 Å². The molecule has 2 aromatic carbocycles. The van der Waals surface area contributed by atoms with E-state index in [-0.39, 0.29) is 11.1 Å². The molecule has 27 heavy (non-hydrogen) atoms. The van der Waals surface area contributed by atoms with Crippen molar-refractivity contribution in [2.24, 2.45) is 0 Å². The van der Waals surface area contributed by atoms with E-state index < -0.39 is 5.91 Å². The number of hydrogen-bond acceptors (Lipinski definition) is 5. The van der Waals surface area contributed by atoms with Gasteiger partial charge in [-0.2, -0.15) is 0 Å². The molecule has 6 nitrogen and oxygen atoms in total. The first-order valence-corrected chi connectivity index (χ1v) is 9.04. The van der Waals surface area contributed by atoms with Gasteiger partial charge >= 0.3 is 0 Å². The second kappa shape index (κ2) is 7.05. The van der Waals surface area contributed by atoms with Crippen LogP contribution in [-0.2, 0) is 0 Å². The first-order valence-electron chi connectivity index (χ1n) is 8.22. The van der Waals surface area contributed by atoms with E-state index in [2.05, 4.69) is 10.3 Å². The van der Waals surface area contributed by atoms with E-state index in [1.807, 2.05) is 37.3 Å². The number of rotatable bonds is 4. The summed E-state index contributed by atoms with van der Waals surface area (Å²) in [6.45, 7) is 1.89. The molecule has 1 amide bonds. The van der Waals surface area contributed by atoms with Gasteiger partial charge in [0, 0.05) is 23.0 Å². The van der Waals surface area contributed by atoms with Crippen molar-refractivity contribution in [1.82, 2.24) is 9.38 Å². The molecule has 2 aromatic heterocycles. The number of nitrogens with one attached hydrogen (secondary N) is 1. The van der Waals surface area contributed by atoms with E-state index in [0.29, 0.717) is 16.4 Å². The fourth-order valence-corrected chi connectivity index (χ4v) is 3.37. The lowest BCUT2D eigenvalue weighted by molar-refractivity contribution is 0.102. The van der Waals surface area contributed by atoms with Gasteiger partial charge in [0.1, 0.15) is 17.1 Å². The molecule has 0 atom stereocenters. The summed E-state index contributed by atoms with van der Waals surface area (Å²) in [7, 11) is 0. The van der Waals surface area contributed by atoms with Crippen molar-refractivity contribution in [1.29, 1.82) is 0 Å². The van der Waals surface area contributed by atoms with Gasteiger partial charge in [-0.05, 0) is 43.3 Å². The minimum Gasteiger partial charge on any atom is -0.457 e. The van der Waals surface area contributed by atoms with E-state index in [4.69, 9.17) is 4.74 Å². The molecule has 0 saturated carbocycles. The van der Waals surface area contributed by atoms with Gasteiger partial charge < -0.3 is 10.1 Å². The van der Waals surface area contributed by atoms with Crippen LogP contribution in [0.1, 0.15) is 15.2 Å². The average molecular weight is 377 g/mol. The fourth-order valence-electron chi connectivity index (χ4n) is 2.58. The molecule has 7 heteroatoms. The zero-order valence-corrected chi connectivity index (χ0v) is 15.2. The van der Waals surface area contributed by atoms with Gasteiger partial charge in [0.05, 0.1) is 0 Å². The highest BCUT2D eigenvalue weighted by molar-refractivity contribution is 7.16. The number of anilines is 1. The predicted molar refractivity (Wildman–Crippen MR) is 105 cm³/mol. The van der Waals surface area contributed by atoms with Crippen LogP contribution in [0.3, 0.4) is 0 Å². The van der Waals surface area contributed by atoms with Gasteiger partial charge in [-0.15, -0.1) is 11.3 Å². The number of hydrogen-bond donors (Lipinski definition) is 1. The van der Waals surface area contributed by atoms with Crippen molar-refractivity contribution in [2.45, 2.75) is 6.92 Å². The molecule has 0 spiro atoms. The number of aryl methyl sites for hydroxylation is 1. The number of amides is 1. The number of para-hydroxylation sites is 1. The van der Waals surface area contributed by atoms with E-state index in [0.717, 1.165) is 10.6 Å². The molecule has 0 unspecified atom stereocenters. The highest BCUT2D eigenvalue weighted by Crippen LogP contribution is 2.22. The molecule has 4 rings (SSSR count). The van der Waals surface area contributed by atoms with Crippen molar-refractivity contribution in [3.05, 3.63) is 87.8 Å². The number of fused-ring (bicyclic) bond motifs is 1. The van der Waals surface area contributed by atoms with Crippen LogP contribution < -0.4 is 15.6 Å². The summed E-state index contributed by atoms with van der Waals surface area (Å²) < 4.78 is 7.11. The van der Waals surface area contributed by atoms with Gasteiger partial charge in [0.25, 0.3) is 11.5 Å². The molecule has 0 aliphatic heterocycles. The molecule has 134 valence electrons. The van der Waals surface area contributed by atoms with Crippen molar-refractivity contribution < 1.29 is 9.53 Å². The summed E-state index contributed by atoms with van der Waals surface area (Å²) in [5, 5.41) is 2.72.